The Hall–Kier alpha value is -1.68. The van der Waals surface area contributed by atoms with Crippen LogP contribution in [0.25, 0.3) is 0 Å². The molecule has 0 saturated carbocycles. The molecule has 0 aliphatic rings. The van der Waals surface area contributed by atoms with Crippen molar-refractivity contribution in [2.75, 3.05) is 0 Å². The molecule has 0 bridgehead atoms. The molecule has 0 aliphatic heterocycles. The van der Waals surface area contributed by atoms with Crippen molar-refractivity contribution in [1.82, 2.24) is 10.1 Å². The molecular formula is C15H21N3O. The minimum absolute atomic E-state index is 0.0623. The molecule has 2 N–H and O–H groups in total. The van der Waals surface area contributed by atoms with Gasteiger partial charge in [-0.3, -0.25) is 0 Å². The number of aromatic nitrogens is 2. The molecule has 0 radical (unpaired) electrons. The third kappa shape index (κ3) is 3.89. The van der Waals surface area contributed by atoms with E-state index in [1.54, 1.807) is 0 Å². The highest BCUT2D eigenvalue weighted by atomic mass is 16.5. The molecular weight excluding hydrogens is 238 g/mol. The van der Waals surface area contributed by atoms with Crippen molar-refractivity contribution < 1.29 is 4.52 Å². The molecule has 1 aromatic heterocycles. The van der Waals surface area contributed by atoms with Crippen molar-refractivity contribution in [3.8, 4) is 0 Å². The maximum absolute atomic E-state index is 6.00. The Balaban J connectivity index is 2.01. The van der Waals surface area contributed by atoms with Gasteiger partial charge in [0.15, 0.2) is 5.82 Å². The van der Waals surface area contributed by atoms with Gasteiger partial charge in [-0.05, 0) is 18.4 Å². The molecule has 1 aromatic carbocycles. The van der Waals surface area contributed by atoms with E-state index in [1.165, 1.54) is 11.1 Å². The van der Waals surface area contributed by atoms with Crippen molar-refractivity contribution in [3.63, 3.8) is 0 Å². The smallest absolute Gasteiger partial charge is 0.228 e. The molecule has 2 rings (SSSR count). The van der Waals surface area contributed by atoms with Crippen LogP contribution in [0.1, 0.15) is 36.7 Å². The van der Waals surface area contributed by atoms with Gasteiger partial charge in [-0.25, -0.2) is 0 Å². The number of hydrogen-bond donors (Lipinski definition) is 1. The summed E-state index contributed by atoms with van der Waals surface area (Å²) in [5.41, 5.74) is 8.44. The summed E-state index contributed by atoms with van der Waals surface area (Å²) in [5, 5.41) is 4.01. The Kier molecular flexibility index (Phi) is 4.32. The Morgan fingerprint density at radius 3 is 2.79 bits per heavy atom. The summed E-state index contributed by atoms with van der Waals surface area (Å²) in [6.07, 6.45) is 1.33. The Bertz CT molecular complexity index is 534. The topological polar surface area (TPSA) is 64.9 Å². The van der Waals surface area contributed by atoms with Crippen LogP contribution in [0, 0.1) is 12.8 Å². The van der Waals surface area contributed by atoms with E-state index in [0.29, 0.717) is 24.7 Å². The van der Waals surface area contributed by atoms with E-state index < -0.39 is 0 Å². The number of nitrogens with two attached hydrogens (primary N) is 1. The van der Waals surface area contributed by atoms with Crippen molar-refractivity contribution in [2.24, 2.45) is 11.7 Å². The summed E-state index contributed by atoms with van der Waals surface area (Å²) >= 11 is 0. The largest absolute Gasteiger partial charge is 0.339 e. The number of hydrogen-bond acceptors (Lipinski definition) is 4. The standard InChI is InChI=1S/C15H21N3O/c1-10(2)13(16)9-15-17-14(18-19-15)8-12-6-4-5-11(3)7-12/h4-7,10,13H,8-9,16H2,1-3H3. The molecule has 19 heavy (non-hydrogen) atoms. The van der Waals surface area contributed by atoms with Crippen molar-refractivity contribution in [1.29, 1.82) is 0 Å². The van der Waals surface area contributed by atoms with Gasteiger partial charge in [-0.1, -0.05) is 48.8 Å². The summed E-state index contributed by atoms with van der Waals surface area (Å²) in [6.45, 7) is 6.26. The van der Waals surface area contributed by atoms with Crippen LogP contribution in [-0.2, 0) is 12.8 Å². The van der Waals surface area contributed by atoms with E-state index in [-0.39, 0.29) is 6.04 Å². The SMILES string of the molecule is Cc1cccc(Cc2noc(CC(N)C(C)C)n2)c1. The molecule has 0 amide bonds. The van der Waals surface area contributed by atoms with Gasteiger partial charge in [0.05, 0.1) is 0 Å². The van der Waals surface area contributed by atoms with Gasteiger partial charge in [0, 0.05) is 18.9 Å². The van der Waals surface area contributed by atoms with E-state index in [0.717, 1.165) is 5.82 Å². The summed E-state index contributed by atoms with van der Waals surface area (Å²) in [5.74, 6) is 1.76. The lowest BCUT2D eigenvalue weighted by molar-refractivity contribution is 0.350. The zero-order valence-electron chi connectivity index (χ0n) is 11.8. The fraction of sp³-hybridized carbons (Fsp3) is 0.467. The van der Waals surface area contributed by atoms with Crippen LogP contribution >= 0.6 is 0 Å². The van der Waals surface area contributed by atoms with Gasteiger partial charge in [0.25, 0.3) is 0 Å². The fourth-order valence-electron chi connectivity index (χ4n) is 1.89. The molecule has 4 heteroatoms. The molecule has 1 heterocycles. The second kappa shape index (κ2) is 5.97. The van der Waals surface area contributed by atoms with Crippen molar-refractivity contribution in [2.45, 2.75) is 39.7 Å². The lowest BCUT2D eigenvalue weighted by Crippen LogP contribution is -2.28. The van der Waals surface area contributed by atoms with Crippen LogP contribution in [0.15, 0.2) is 28.8 Å². The molecule has 1 atom stereocenters. The first kappa shape index (κ1) is 13.7. The van der Waals surface area contributed by atoms with E-state index in [1.807, 2.05) is 6.07 Å². The van der Waals surface area contributed by atoms with Crippen LogP contribution < -0.4 is 5.73 Å². The number of nitrogens with zero attached hydrogens (tertiary/aromatic N) is 2. The molecule has 2 aromatic rings. The second-order valence-electron chi connectivity index (χ2n) is 5.38. The molecule has 4 nitrogen and oxygen atoms in total. The zero-order valence-corrected chi connectivity index (χ0v) is 11.8. The van der Waals surface area contributed by atoms with E-state index in [4.69, 9.17) is 10.3 Å². The van der Waals surface area contributed by atoms with Crippen LogP contribution in [0.4, 0.5) is 0 Å². The third-order valence-corrected chi connectivity index (χ3v) is 3.22. The normalized spacial score (nSPS) is 12.9. The average Bonchev–Trinajstić information content (AvgIpc) is 2.76. The number of benzene rings is 1. The second-order valence-corrected chi connectivity index (χ2v) is 5.38. The lowest BCUT2D eigenvalue weighted by atomic mass is 10.0. The minimum Gasteiger partial charge on any atom is -0.339 e. The van der Waals surface area contributed by atoms with E-state index >= 15 is 0 Å². The quantitative estimate of drug-likeness (QED) is 0.896. The molecule has 0 aliphatic carbocycles. The Labute approximate surface area is 114 Å². The van der Waals surface area contributed by atoms with Crippen LogP contribution in [0.5, 0.6) is 0 Å². The summed E-state index contributed by atoms with van der Waals surface area (Å²) < 4.78 is 5.25. The first-order valence-electron chi connectivity index (χ1n) is 6.67. The van der Waals surface area contributed by atoms with E-state index in [2.05, 4.69) is 49.1 Å². The first-order valence-corrected chi connectivity index (χ1v) is 6.67. The molecule has 102 valence electrons. The summed E-state index contributed by atoms with van der Waals surface area (Å²) in [6, 6.07) is 8.39. The van der Waals surface area contributed by atoms with Gasteiger partial charge in [-0.15, -0.1) is 0 Å². The monoisotopic (exact) mass is 259 g/mol. The summed E-state index contributed by atoms with van der Waals surface area (Å²) in [7, 11) is 0. The van der Waals surface area contributed by atoms with Gasteiger partial charge >= 0.3 is 0 Å². The van der Waals surface area contributed by atoms with Crippen LogP contribution in [0.2, 0.25) is 0 Å². The minimum atomic E-state index is 0.0623. The third-order valence-electron chi connectivity index (χ3n) is 3.22. The highest BCUT2D eigenvalue weighted by Gasteiger charge is 2.14. The average molecular weight is 259 g/mol. The van der Waals surface area contributed by atoms with Crippen LogP contribution in [0.3, 0.4) is 0 Å². The van der Waals surface area contributed by atoms with Gasteiger partial charge in [-0.2, -0.15) is 4.98 Å². The zero-order chi connectivity index (χ0) is 13.8. The predicted octanol–water partition coefficient (Wildman–Crippen LogP) is 2.49. The first-order chi connectivity index (χ1) is 9.04. The van der Waals surface area contributed by atoms with Gasteiger partial charge < -0.3 is 10.3 Å². The Morgan fingerprint density at radius 1 is 1.32 bits per heavy atom. The lowest BCUT2D eigenvalue weighted by Gasteiger charge is -2.11. The van der Waals surface area contributed by atoms with Gasteiger partial charge in [0.2, 0.25) is 5.89 Å². The highest BCUT2D eigenvalue weighted by Crippen LogP contribution is 2.11. The number of rotatable bonds is 5. The van der Waals surface area contributed by atoms with Crippen LogP contribution in [-0.4, -0.2) is 16.2 Å². The van der Waals surface area contributed by atoms with Crippen molar-refractivity contribution >= 4 is 0 Å². The maximum Gasteiger partial charge on any atom is 0.228 e. The molecule has 0 fully saturated rings. The summed E-state index contributed by atoms with van der Waals surface area (Å²) in [4.78, 5) is 4.40. The van der Waals surface area contributed by atoms with Gasteiger partial charge in [0.1, 0.15) is 0 Å². The maximum atomic E-state index is 6.00. The highest BCUT2D eigenvalue weighted by molar-refractivity contribution is 5.24. The Morgan fingerprint density at radius 2 is 2.11 bits per heavy atom. The predicted molar refractivity (Wildman–Crippen MR) is 74.8 cm³/mol. The number of aryl methyl sites for hydroxylation is 1. The van der Waals surface area contributed by atoms with Crippen molar-refractivity contribution in [3.05, 3.63) is 47.1 Å². The van der Waals surface area contributed by atoms with E-state index in [9.17, 15) is 0 Å². The molecule has 1 unspecified atom stereocenters. The molecule has 0 saturated heterocycles. The fourth-order valence-corrected chi connectivity index (χ4v) is 1.89. The molecule has 0 spiro atoms.